The fourth-order valence-corrected chi connectivity index (χ4v) is 16.9. The molecule has 0 unspecified atom stereocenters. The average molecular weight is 813 g/mol. The minimum atomic E-state index is -1.52. The predicted molar refractivity (Wildman–Crippen MR) is 160 cm³/mol. The molecule has 2 aromatic carbocycles. The normalized spacial score (nSPS) is 13.5. The molecule has 0 fully saturated rings. The third-order valence-electron chi connectivity index (χ3n) is 6.59. The van der Waals surface area contributed by atoms with Gasteiger partial charge in [-0.2, -0.15) is 0 Å². The summed E-state index contributed by atoms with van der Waals surface area (Å²) < 4.78 is 0. The molecule has 33 heavy (non-hydrogen) atoms. The van der Waals surface area contributed by atoms with E-state index in [2.05, 4.69) is 187 Å². The van der Waals surface area contributed by atoms with Crippen LogP contribution in [0.3, 0.4) is 0 Å². The Kier molecular flexibility index (Phi) is 12.7. The average Bonchev–Trinajstić information content (AvgIpc) is 2.65. The van der Waals surface area contributed by atoms with Gasteiger partial charge in [0.2, 0.25) is 0 Å². The molecule has 0 spiro atoms. The van der Waals surface area contributed by atoms with Gasteiger partial charge in [0.1, 0.15) is 0 Å². The Bertz CT molecular complexity index is 738. The number of benzene rings is 2. The molecule has 2 aromatic rings. The van der Waals surface area contributed by atoms with Gasteiger partial charge in [0.15, 0.2) is 0 Å². The largest absolute Gasteiger partial charge is 0 e. The molecule has 0 aliphatic rings. The first-order chi connectivity index (χ1) is 14.2. The second kappa shape index (κ2) is 12.2. The number of rotatable bonds is 2. The second-order valence-corrected chi connectivity index (χ2v) is 33.5. The van der Waals surface area contributed by atoms with Crippen LogP contribution < -0.4 is 10.4 Å². The minimum Gasteiger partial charge on any atom is 0 e. The summed E-state index contributed by atoms with van der Waals surface area (Å²) in [6.07, 6.45) is 0. The minimum absolute atomic E-state index is 0. The van der Waals surface area contributed by atoms with Crippen LogP contribution in [-0.4, -0.2) is 78.2 Å². The smallest absolute Gasteiger partial charge is 0 e. The van der Waals surface area contributed by atoms with Crippen LogP contribution in [0.25, 0.3) is 0 Å². The molecule has 0 atom stereocenters. The van der Waals surface area contributed by atoms with E-state index in [4.69, 9.17) is 0 Å². The van der Waals surface area contributed by atoms with E-state index >= 15 is 0 Å². The van der Waals surface area contributed by atoms with E-state index in [9.17, 15) is 0 Å². The Balaban J connectivity index is 0.000000602. The molecule has 5 heteroatoms. The Hall–Kier alpha value is 1.25. The van der Waals surface area contributed by atoms with E-state index in [1.165, 1.54) is 0 Å². The fraction of sp³-hybridized carbons (Fsp3) is 0.571. The first-order valence-corrected chi connectivity index (χ1v) is 22.5. The van der Waals surface area contributed by atoms with E-state index in [-0.39, 0.29) is 23.9 Å². The molecule has 0 heterocycles. The summed E-state index contributed by atoms with van der Waals surface area (Å²) >= 11 is 4.88. The molecule has 0 N–H and O–H groups in total. The van der Waals surface area contributed by atoms with Crippen molar-refractivity contribution < 1.29 is 0 Å². The van der Waals surface area contributed by atoms with Crippen LogP contribution in [0.5, 0.6) is 0 Å². The Morgan fingerprint density at radius 1 is 0.424 bits per heavy atom. The molecule has 0 saturated heterocycles. The van der Waals surface area contributed by atoms with Crippen LogP contribution >= 0.6 is 0 Å². The zero-order chi connectivity index (χ0) is 25.2. The van der Waals surface area contributed by atoms with E-state index in [1.807, 2.05) is 0 Å². The fourth-order valence-electron chi connectivity index (χ4n) is 5.33. The van der Waals surface area contributed by atoms with E-state index in [0.29, 0.717) is 20.2 Å². The summed E-state index contributed by atoms with van der Waals surface area (Å²) in [4.78, 5) is 0. The van der Waals surface area contributed by atoms with E-state index < -0.39 is 11.2 Å². The van der Waals surface area contributed by atoms with Gasteiger partial charge in [-0.05, 0) is 0 Å². The van der Waals surface area contributed by atoms with Gasteiger partial charge in [-0.3, -0.25) is 0 Å². The Labute approximate surface area is 249 Å². The van der Waals surface area contributed by atoms with Crippen LogP contribution in [0.15, 0.2) is 60.7 Å². The molecule has 2 rings (SSSR count). The van der Waals surface area contributed by atoms with Gasteiger partial charge < -0.3 is 0 Å². The number of hydrogen-bond donors (Lipinski definition) is 0. The van der Waals surface area contributed by atoms with Crippen molar-refractivity contribution in [3.05, 3.63) is 60.7 Å². The van der Waals surface area contributed by atoms with Crippen molar-refractivity contribution in [2.75, 3.05) is 0 Å². The summed E-state index contributed by atoms with van der Waals surface area (Å²) in [5.41, 5.74) is -3.04. The number of hydrogen-bond acceptors (Lipinski definition) is 0. The first-order valence-electron chi connectivity index (χ1n) is 11.7. The van der Waals surface area contributed by atoms with Crippen molar-refractivity contribution >= 4 is 88.5 Å². The molecule has 0 aliphatic carbocycles. The molecule has 0 aromatic heterocycles. The van der Waals surface area contributed by atoms with Gasteiger partial charge in [0, 0.05) is 23.9 Å². The van der Waals surface area contributed by atoms with Crippen LogP contribution in [0, 0.1) is 0 Å². The predicted octanol–water partition coefficient (Wildman–Crippen LogP) is 6.83. The Morgan fingerprint density at radius 3 is 0.758 bits per heavy atom. The van der Waals surface area contributed by atoms with E-state index in [1.54, 1.807) is 10.4 Å². The summed E-state index contributed by atoms with van der Waals surface area (Å²) in [6, 6.07) is 22.3. The van der Waals surface area contributed by atoms with Crippen molar-refractivity contribution in [3.8, 4) is 0 Å². The molecule has 6 radical (unpaired) electrons. The summed E-state index contributed by atoms with van der Waals surface area (Å²) in [7, 11) is 0. The van der Waals surface area contributed by atoms with Gasteiger partial charge in [0.25, 0.3) is 0 Å². The first kappa shape index (κ1) is 34.3. The second-order valence-electron chi connectivity index (χ2n) is 13.1. The van der Waals surface area contributed by atoms with Crippen molar-refractivity contribution in [2.45, 2.75) is 103 Å². The van der Waals surface area contributed by atoms with Gasteiger partial charge in [-0.15, -0.1) is 0 Å². The van der Waals surface area contributed by atoms with Crippen LogP contribution in [0.1, 0.15) is 83.1 Å². The van der Waals surface area contributed by atoms with Crippen LogP contribution in [0.4, 0.5) is 0 Å². The van der Waals surface area contributed by atoms with Gasteiger partial charge in [-0.1, -0.05) is 0 Å². The zero-order valence-electron chi connectivity index (χ0n) is 23.1. The summed E-state index contributed by atoms with van der Waals surface area (Å²) in [6.45, 7) is 28.8. The SMILES string of the molecule is CC(C)(C)[Si]([Te])(c1ccccc1)C(C)(C)C.CC(C)(C)[Si]([Te])(c1ccccc1)C(C)(C)C.[Sn]. The van der Waals surface area contributed by atoms with Crippen molar-refractivity contribution in [1.29, 1.82) is 0 Å². The zero-order valence-corrected chi connectivity index (χ0v) is 32.6. The van der Waals surface area contributed by atoms with Crippen molar-refractivity contribution in [3.63, 3.8) is 0 Å². The summed E-state index contributed by atoms with van der Waals surface area (Å²) in [5.74, 6) is 0. The molecule has 0 nitrogen and oxygen atoms in total. The van der Waals surface area contributed by atoms with Crippen molar-refractivity contribution in [1.82, 2.24) is 0 Å². The van der Waals surface area contributed by atoms with Gasteiger partial charge >= 0.3 is 229 Å². The maximum Gasteiger partial charge on any atom is 0 e. The quantitative estimate of drug-likeness (QED) is 0.292. The molecule has 0 saturated carbocycles. The van der Waals surface area contributed by atoms with Crippen LogP contribution in [-0.2, 0) is 0 Å². The maximum atomic E-state index is 2.44. The Morgan fingerprint density at radius 2 is 0.606 bits per heavy atom. The van der Waals surface area contributed by atoms with Crippen molar-refractivity contribution in [2.24, 2.45) is 0 Å². The molecular formula is C28H46Si2SnTe2. The topological polar surface area (TPSA) is 0 Å². The molecule has 0 bridgehead atoms. The molecular weight excluding hydrogens is 766 g/mol. The maximum absolute atomic E-state index is 2.44. The molecule has 0 amide bonds. The third kappa shape index (κ3) is 7.63. The third-order valence-corrected chi connectivity index (χ3v) is 42.3. The van der Waals surface area contributed by atoms with Crippen LogP contribution in [0.2, 0.25) is 20.2 Å². The molecule has 182 valence electrons. The van der Waals surface area contributed by atoms with Gasteiger partial charge in [0.05, 0.1) is 0 Å². The monoisotopic (exact) mass is 818 g/mol. The summed E-state index contributed by atoms with van der Waals surface area (Å²) in [5, 5.41) is 4.71. The van der Waals surface area contributed by atoms with Gasteiger partial charge in [-0.25, -0.2) is 0 Å². The molecule has 0 aliphatic heterocycles. The standard InChI is InChI=1S/2C14H23SiTe.Sn/c2*1-13(2,3)15(16,14(4,5)6)12-10-8-7-9-11-12;/h2*7-11H,1-6H3;. The van der Waals surface area contributed by atoms with E-state index in [0.717, 1.165) is 0 Å².